The number of nitrogens with one attached hydrogen (secondary N) is 1. The van der Waals surface area contributed by atoms with E-state index in [-0.39, 0.29) is 36.4 Å². The number of aromatic nitrogens is 3. The number of carbonyl (C=O) groups excluding carboxylic acids is 1. The van der Waals surface area contributed by atoms with Gasteiger partial charge in [-0.05, 0) is 52.3 Å². The Balaban J connectivity index is 1.54. The molecule has 4 rings (SSSR count). The molecule has 1 fully saturated rings. The van der Waals surface area contributed by atoms with Crippen LogP contribution in [0.4, 0.5) is 5.82 Å². The van der Waals surface area contributed by atoms with Crippen LogP contribution in [0, 0.1) is 6.57 Å². The van der Waals surface area contributed by atoms with Gasteiger partial charge in [0.05, 0.1) is 17.6 Å². The summed E-state index contributed by atoms with van der Waals surface area (Å²) in [6.07, 6.45) is 4.17. The molecule has 0 saturated carbocycles. The summed E-state index contributed by atoms with van der Waals surface area (Å²) in [7, 11) is -1.38. The summed E-state index contributed by atoms with van der Waals surface area (Å²) in [4.78, 5) is 25.0. The molecule has 1 aliphatic rings. The summed E-state index contributed by atoms with van der Waals surface area (Å²) >= 11 is 0. The fourth-order valence-corrected chi connectivity index (χ4v) is 6.57. The van der Waals surface area contributed by atoms with Crippen molar-refractivity contribution in [3.05, 3.63) is 65.9 Å². The first kappa shape index (κ1) is 29.1. The quantitative estimate of drug-likeness (QED) is 0.166. The molecule has 39 heavy (non-hydrogen) atoms. The smallest absolute Gasteiger partial charge is 0.259 e. The van der Waals surface area contributed by atoms with E-state index in [1.54, 1.807) is 12.1 Å². The van der Waals surface area contributed by atoms with Gasteiger partial charge in [-0.2, -0.15) is 0 Å². The minimum absolute atomic E-state index is 0.123. The van der Waals surface area contributed by atoms with E-state index >= 15 is 0 Å². The van der Waals surface area contributed by atoms with Crippen molar-refractivity contribution in [2.24, 2.45) is 0 Å². The molecule has 1 saturated heterocycles. The molecule has 3 heterocycles. The molecular weight excluding hydrogens is 515 g/mol. The van der Waals surface area contributed by atoms with E-state index < -0.39 is 8.53 Å². The monoisotopic (exact) mass is 552 g/mol. The molecule has 2 aromatic heterocycles. The minimum Gasteiger partial charge on any atom is -0.352 e. The highest BCUT2D eigenvalue weighted by Crippen LogP contribution is 2.50. The van der Waals surface area contributed by atoms with E-state index in [4.69, 9.17) is 20.4 Å². The molecule has 0 spiro atoms. The van der Waals surface area contributed by atoms with Crippen molar-refractivity contribution in [1.29, 1.82) is 0 Å². The Morgan fingerprint density at radius 1 is 1.23 bits per heavy atom. The molecule has 208 valence electrons. The molecule has 0 aliphatic carbocycles. The van der Waals surface area contributed by atoms with Crippen LogP contribution >= 0.6 is 8.53 Å². The van der Waals surface area contributed by atoms with E-state index in [1.165, 1.54) is 6.33 Å². The van der Waals surface area contributed by atoms with Crippen LogP contribution in [0.15, 0.2) is 48.9 Å². The van der Waals surface area contributed by atoms with Gasteiger partial charge >= 0.3 is 0 Å². The summed E-state index contributed by atoms with van der Waals surface area (Å²) in [6.45, 7) is 18.3. The number of fused-ring (bicyclic) bond motifs is 1. The number of anilines is 1. The van der Waals surface area contributed by atoms with Crippen LogP contribution in [0.1, 0.15) is 64.0 Å². The lowest BCUT2D eigenvalue weighted by molar-refractivity contribution is -0.0163. The summed E-state index contributed by atoms with van der Waals surface area (Å²) in [5.41, 5.74) is 1.23. The van der Waals surface area contributed by atoms with Crippen LogP contribution in [0.5, 0.6) is 0 Å². The van der Waals surface area contributed by atoms with E-state index in [1.807, 2.05) is 35.0 Å². The second-order valence-corrected chi connectivity index (χ2v) is 11.3. The van der Waals surface area contributed by atoms with Crippen LogP contribution < -0.4 is 5.32 Å². The van der Waals surface area contributed by atoms with Crippen LogP contribution in [0.3, 0.4) is 0 Å². The third kappa shape index (κ3) is 6.81. The standard InChI is InChI=1S/C28H37N6O4P/c1-7-23-24(38-39(36-16-14-29-6)34(19(2)3)20(4)5)17-25(37-23)33-15-13-22-26(30-18-31-27(22)33)32-28(35)21-11-9-8-10-12-21/h8-13,15,18-20,23-25H,7,14,16-17H2,1-5H3,(H,30,31,32,35)/t23-,24+,25-,39?/m1/s1. The molecule has 1 aliphatic heterocycles. The maximum Gasteiger partial charge on any atom is 0.259 e. The first-order valence-corrected chi connectivity index (χ1v) is 14.5. The van der Waals surface area contributed by atoms with Gasteiger partial charge in [0.15, 0.2) is 0 Å². The second-order valence-electron chi connectivity index (χ2n) is 9.94. The fraction of sp³-hybridized carbons (Fsp3) is 0.500. The van der Waals surface area contributed by atoms with Gasteiger partial charge in [0.1, 0.15) is 30.6 Å². The van der Waals surface area contributed by atoms with Crippen LogP contribution in [-0.2, 0) is 13.8 Å². The van der Waals surface area contributed by atoms with E-state index in [9.17, 15) is 4.79 Å². The van der Waals surface area contributed by atoms with Crippen molar-refractivity contribution >= 4 is 31.3 Å². The van der Waals surface area contributed by atoms with Gasteiger partial charge in [0.25, 0.3) is 14.4 Å². The zero-order valence-corrected chi connectivity index (χ0v) is 24.0. The second kappa shape index (κ2) is 13.4. The van der Waals surface area contributed by atoms with Gasteiger partial charge in [-0.25, -0.2) is 21.2 Å². The molecule has 0 radical (unpaired) electrons. The van der Waals surface area contributed by atoms with Crippen molar-refractivity contribution in [3.63, 3.8) is 0 Å². The third-order valence-corrected chi connectivity index (χ3v) is 8.70. The zero-order valence-electron chi connectivity index (χ0n) is 23.2. The number of benzene rings is 1. The Labute approximate surface area is 231 Å². The lowest BCUT2D eigenvalue weighted by Gasteiger charge is -2.37. The van der Waals surface area contributed by atoms with Gasteiger partial charge in [-0.15, -0.1) is 0 Å². The molecule has 10 nitrogen and oxygen atoms in total. The van der Waals surface area contributed by atoms with E-state index in [0.29, 0.717) is 36.6 Å². The Morgan fingerprint density at radius 2 is 1.97 bits per heavy atom. The predicted octanol–water partition coefficient (Wildman–Crippen LogP) is 6.05. The Kier molecular flexibility index (Phi) is 10.0. The Hall–Kier alpha value is -2.93. The highest BCUT2D eigenvalue weighted by molar-refractivity contribution is 7.44. The van der Waals surface area contributed by atoms with E-state index in [0.717, 1.165) is 11.8 Å². The molecule has 11 heteroatoms. The van der Waals surface area contributed by atoms with E-state index in [2.05, 4.69) is 59.4 Å². The lowest BCUT2D eigenvalue weighted by Crippen LogP contribution is -2.35. The number of carbonyl (C=O) groups is 1. The molecule has 3 aromatic rings. The molecule has 0 bridgehead atoms. The molecule has 1 unspecified atom stereocenters. The van der Waals surface area contributed by atoms with Crippen LogP contribution in [0.25, 0.3) is 15.9 Å². The summed E-state index contributed by atoms with van der Waals surface area (Å²) in [5.74, 6) is 0.220. The Morgan fingerprint density at radius 3 is 2.64 bits per heavy atom. The van der Waals surface area contributed by atoms with Crippen molar-refractivity contribution < 1.29 is 18.6 Å². The lowest BCUT2D eigenvalue weighted by atomic mass is 10.1. The first-order valence-electron chi connectivity index (χ1n) is 13.4. The number of rotatable bonds is 12. The number of ether oxygens (including phenoxy) is 1. The number of hydrogen-bond donors (Lipinski definition) is 1. The first-order chi connectivity index (χ1) is 18.8. The number of amides is 1. The van der Waals surface area contributed by atoms with Crippen molar-refractivity contribution in [2.45, 2.75) is 78.0 Å². The SMILES string of the molecule is [C-]#[N+]CCOP(O[C@H]1C[C@H](n2ccc3c(NC(=O)c4ccccc4)ncnc32)O[C@@H]1CC)N(C(C)C)C(C)C. The summed E-state index contributed by atoms with van der Waals surface area (Å²) in [6, 6.07) is 11.4. The normalized spacial score (nSPS) is 20.1. The van der Waals surface area contributed by atoms with Gasteiger partial charge in [0, 0.05) is 30.3 Å². The van der Waals surface area contributed by atoms with Crippen LogP contribution in [-0.4, -0.2) is 62.6 Å². The maximum atomic E-state index is 12.7. The highest BCUT2D eigenvalue weighted by atomic mass is 31.2. The average Bonchev–Trinajstić information content (AvgIpc) is 3.53. The molecular formula is C28H37N6O4P. The fourth-order valence-electron chi connectivity index (χ4n) is 4.82. The Bertz CT molecular complexity index is 1270. The average molecular weight is 553 g/mol. The predicted molar refractivity (Wildman–Crippen MR) is 152 cm³/mol. The van der Waals surface area contributed by atoms with Gasteiger partial charge in [0.2, 0.25) is 6.54 Å². The summed E-state index contributed by atoms with van der Waals surface area (Å²) in [5, 5.41) is 3.64. The van der Waals surface area contributed by atoms with Gasteiger partial charge in [-0.1, -0.05) is 25.1 Å². The van der Waals surface area contributed by atoms with Gasteiger partial charge < -0.3 is 28.5 Å². The topological polar surface area (TPSA) is 95.1 Å². The number of hydrogen-bond acceptors (Lipinski definition) is 7. The van der Waals surface area contributed by atoms with Crippen molar-refractivity contribution in [2.75, 3.05) is 18.5 Å². The summed E-state index contributed by atoms with van der Waals surface area (Å²) < 4.78 is 23.5. The third-order valence-electron chi connectivity index (χ3n) is 6.55. The minimum atomic E-state index is -1.38. The largest absolute Gasteiger partial charge is 0.352 e. The van der Waals surface area contributed by atoms with Crippen molar-refractivity contribution in [1.82, 2.24) is 19.2 Å². The molecule has 1 amide bonds. The van der Waals surface area contributed by atoms with Crippen molar-refractivity contribution in [3.8, 4) is 0 Å². The number of nitrogens with zero attached hydrogens (tertiary/aromatic N) is 5. The zero-order chi connectivity index (χ0) is 27.9. The molecule has 4 atom stereocenters. The molecule has 1 aromatic carbocycles. The van der Waals surface area contributed by atoms with Crippen LogP contribution in [0.2, 0.25) is 0 Å². The van der Waals surface area contributed by atoms with Gasteiger partial charge in [-0.3, -0.25) is 4.79 Å². The highest BCUT2D eigenvalue weighted by Gasteiger charge is 2.40. The molecule has 1 N–H and O–H groups in total. The maximum absolute atomic E-state index is 12.7.